The first-order valence-corrected chi connectivity index (χ1v) is 7.15. The van der Waals surface area contributed by atoms with Crippen LogP contribution >= 0.6 is 23.2 Å². The van der Waals surface area contributed by atoms with Gasteiger partial charge in [0.1, 0.15) is 0 Å². The fraction of sp³-hybridized carbons (Fsp3) is 0.500. The molecule has 4 nitrogen and oxygen atoms in total. The second-order valence-electron chi connectivity index (χ2n) is 4.33. The molecule has 1 rings (SSSR count). The minimum absolute atomic E-state index is 0.0514. The normalized spacial score (nSPS) is 11.1. The van der Waals surface area contributed by atoms with Crippen LogP contribution in [0.25, 0.3) is 0 Å². The van der Waals surface area contributed by atoms with Gasteiger partial charge in [0.25, 0.3) is 0 Å². The number of aliphatic hydroxyl groups excluding tert-OH is 1. The maximum atomic E-state index is 12.1. The molecule has 1 N–H and O–H groups in total. The molecule has 0 spiro atoms. The molecule has 1 aromatic carbocycles. The Bertz CT molecular complexity index is 440. The fourth-order valence-corrected chi connectivity index (χ4v) is 2.22. The van der Waals surface area contributed by atoms with Crippen LogP contribution in [0.4, 0.5) is 0 Å². The Morgan fingerprint density at radius 3 is 2.70 bits per heavy atom. The third-order valence-electron chi connectivity index (χ3n) is 2.93. The first kappa shape index (κ1) is 17.4. The van der Waals surface area contributed by atoms with E-state index in [1.807, 2.05) is 4.90 Å². The minimum atomic E-state index is -0.0575. The number of carbonyl (C=O) groups is 1. The lowest BCUT2D eigenvalue weighted by molar-refractivity contribution is 0.0933. The average Bonchev–Trinajstić information content (AvgIpc) is 2.44. The largest absolute Gasteiger partial charge is 0.395 e. The van der Waals surface area contributed by atoms with Crippen molar-refractivity contribution in [2.45, 2.75) is 6.42 Å². The van der Waals surface area contributed by atoms with Crippen molar-refractivity contribution >= 4 is 29.0 Å². The maximum absolute atomic E-state index is 12.1. The van der Waals surface area contributed by atoms with E-state index in [1.54, 1.807) is 25.3 Å². The number of rotatable bonds is 9. The van der Waals surface area contributed by atoms with Crippen molar-refractivity contribution in [2.75, 3.05) is 40.0 Å². The van der Waals surface area contributed by atoms with Crippen LogP contribution in [0.5, 0.6) is 0 Å². The Morgan fingerprint density at radius 1 is 1.30 bits per heavy atom. The number of nitrogens with zero attached hydrogens (tertiary/aromatic N) is 1. The van der Waals surface area contributed by atoms with E-state index in [4.69, 9.17) is 33.0 Å². The highest BCUT2D eigenvalue weighted by molar-refractivity contribution is 6.43. The lowest BCUT2D eigenvalue weighted by Gasteiger charge is -2.20. The van der Waals surface area contributed by atoms with E-state index in [0.29, 0.717) is 48.3 Å². The molecular formula is C14H19Cl2NO3. The predicted octanol–water partition coefficient (Wildman–Crippen LogP) is 2.51. The number of Topliss-reactive ketones (excluding diaryl/α,β-unsaturated/α-hetero) is 1. The Morgan fingerprint density at radius 2 is 2.05 bits per heavy atom. The second kappa shape index (κ2) is 9.32. The zero-order valence-electron chi connectivity index (χ0n) is 11.4. The van der Waals surface area contributed by atoms with Gasteiger partial charge in [-0.05, 0) is 12.1 Å². The number of ketones is 1. The number of halogens is 2. The summed E-state index contributed by atoms with van der Waals surface area (Å²) >= 11 is 11.9. The SMILES string of the molecule is COCCN(CCO)CCC(=O)c1cccc(Cl)c1Cl. The zero-order chi connectivity index (χ0) is 15.0. The minimum Gasteiger partial charge on any atom is -0.395 e. The van der Waals surface area contributed by atoms with E-state index >= 15 is 0 Å². The fourth-order valence-electron chi connectivity index (χ4n) is 1.81. The van der Waals surface area contributed by atoms with Crippen molar-refractivity contribution in [1.29, 1.82) is 0 Å². The van der Waals surface area contributed by atoms with Gasteiger partial charge in [0.15, 0.2) is 5.78 Å². The van der Waals surface area contributed by atoms with Gasteiger partial charge in [-0.15, -0.1) is 0 Å². The molecule has 0 saturated carbocycles. The number of ether oxygens (including phenoxy) is 1. The molecule has 0 heterocycles. The number of carbonyl (C=O) groups excluding carboxylic acids is 1. The maximum Gasteiger partial charge on any atom is 0.165 e. The molecule has 0 fully saturated rings. The molecule has 0 aliphatic heterocycles. The summed E-state index contributed by atoms with van der Waals surface area (Å²) in [5, 5.41) is 9.67. The number of hydrogen-bond acceptors (Lipinski definition) is 4. The molecule has 20 heavy (non-hydrogen) atoms. The summed E-state index contributed by atoms with van der Waals surface area (Å²) in [5.41, 5.74) is 0.440. The van der Waals surface area contributed by atoms with Crippen molar-refractivity contribution in [3.63, 3.8) is 0 Å². The molecule has 0 radical (unpaired) electrons. The van der Waals surface area contributed by atoms with Gasteiger partial charge >= 0.3 is 0 Å². The molecule has 0 unspecified atom stereocenters. The topological polar surface area (TPSA) is 49.8 Å². The summed E-state index contributed by atoms with van der Waals surface area (Å²) in [7, 11) is 1.62. The quantitative estimate of drug-likeness (QED) is 0.710. The number of hydrogen-bond donors (Lipinski definition) is 1. The highest BCUT2D eigenvalue weighted by atomic mass is 35.5. The van der Waals surface area contributed by atoms with Crippen molar-refractivity contribution < 1.29 is 14.6 Å². The number of aliphatic hydroxyl groups is 1. The number of benzene rings is 1. The Balaban J connectivity index is 2.58. The third kappa shape index (κ3) is 5.38. The first-order chi connectivity index (χ1) is 9.60. The van der Waals surface area contributed by atoms with E-state index in [0.717, 1.165) is 0 Å². The summed E-state index contributed by atoms with van der Waals surface area (Å²) in [5.74, 6) is -0.0575. The summed E-state index contributed by atoms with van der Waals surface area (Å²) in [6.45, 7) is 2.35. The van der Waals surface area contributed by atoms with E-state index in [1.165, 1.54) is 0 Å². The lowest BCUT2D eigenvalue weighted by Crippen LogP contribution is -2.32. The predicted molar refractivity (Wildman–Crippen MR) is 80.8 cm³/mol. The van der Waals surface area contributed by atoms with Gasteiger partial charge in [-0.25, -0.2) is 0 Å². The van der Waals surface area contributed by atoms with Gasteiger partial charge < -0.3 is 9.84 Å². The van der Waals surface area contributed by atoms with Crippen LogP contribution in [0.15, 0.2) is 18.2 Å². The zero-order valence-corrected chi connectivity index (χ0v) is 13.0. The van der Waals surface area contributed by atoms with Gasteiger partial charge in [-0.3, -0.25) is 9.69 Å². The molecule has 0 aromatic heterocycles. The van der Waals surface area contributed by atoms with Crippen molar-refractivity contribution in [2.24, 2.45) is 0 Å². The molecular weight excluding hydrogens is 301 g/mol. The highest BCUT2D eigenvalue weighted by Crippen LogP contribution is 2.26. The lowest BCUT2D eigenvalue weighted by atomic mass is 10.1. The van der Waals surface area contributed by atoms with Crippen LogP contribution < -0.4 is 0 Å². The second-order valence-corrected chi connectivity index (χ2v) is 5.12. The van der Waals surface area contributed by atoms with Crippen LogP contribution in [-0.4, -0.2) is 55.7 Å². The molecule has 0 aliphatic carbocycles. The molecule has 0 saturated heterocycles. The van der Waals surface area contributed by atoms with Crippen LogP contribution in [0.3, 0.4) is 0 Å². The van der Waals surface area contributed by atoms with Crippen LogP contribution in [0.1, 0.15) is 16.8 Å². The van der Waals surface area contributed by atoms with E-state index < -0.39 is 0 Å². The molecule has 0 bridgehead atoms. The monoisotopic (exact) mass is 319 g/mol. The smallest absolute Gasteiger partial charge is 0.165 e. The molecule has 0 atom stereocenters. The van der Waals surface area contributed by atoms with Crippen molar-refractivity contribution in [3.05, 3.63) is 33.8 Å². The van der Waals surface area contributed by atoms with Gasteiger partial charge in [-0.2, -0.15) is 0 Å². The number of methoxy groups -OCH3 is 1. The molecule has 6 heteroatoms. The van der Waals surface area contributed by atoms with Gasteiger partial charge in [0, 0.05) is 38.7 Å². The van der Waals surface area contributed by atoms with E-state index in [9.17, 15) is 4.79 Å². The van der Waals surface area contributed by atoms with Gasteiger partial charge in [0.05, 0.1) is 23.3 Å². The molecule has 0 amide bonds. The van der Waals surface area contributed by atoms with Crippen LogP contribution in [0, 0.1) is 0 Å². The molecule has 1 aromatic rings. The van der Waals surface area contributed by atoms with Crippen molar-refractivity contribution in [3.8, 4) is 0 Å². The summed E-state index contributed by atoms with van der Waals surface area (Å²) in [6.07, 6.45) is 0.323. The average molecular weight is 320 g/mol. The van der Waals surface area contributed by atoms with Crippen molar-refractivity contribution in [1.82, 2.24) is 4.90 Å². The first-order valence-electron chi connectivity index (χ1n) is 6.39. The van der Waals surface area contributed by atoms with E-state index in [-0.39, 0.29) is 12.4 Å². The third-order valence-corrected chi connectivity index (χ3v) is 3.75. The van der Waals surface area contributed by atoms with Crippen LogP contribution in [0.2, 0.25) is 10.0 Å². The van der Waals surface area contributed by atoms with Crippen LogP contribution in [-0.2, 0) is 4.74 Å². The van der Waals surface area contributed by atoms with Gasteiger partial charge in [0.2, 0.25) is 0 Å². The Labute approximate surface area is 129 Å². The van der Waals surface area contributed by atoms with Gasteiger partial charge in [-0.1, -0.05) is 29.3 Å². The Hall–Kier alpha value is -0.650. The standard InChI is InChI=1S/C14H19Cl2NO3/c1-20-10-8-17(7-9-18)6-5-13(19)11-3-2-4-12(15)14(11)16/h2-4,18H,5-10H2,1H3. The molecule has 112 valence electrons. The summed E-state index contributed by atoms with van der Waals surface area (Å²) in [6, 6.07) is 5.03. The Kier molecular flexibility index (Phi) is 8.11. The summed E-state index contributed by atoms with van der Waals surface area (Å²) < 4.78 is 5.00. The summed E-state index contributed by atoms with van der Waals surface area (Å²) in [4.78, 5) is 14.1. The highest BCUT2D eigenvalue weighted by Gasteiger charge is 2.14. The molecule has 0 aliphatic rings. The van der Waals surface area contributed by atoms with E-state index in [2.05, 4.69) is 0 Å².